The van der Waals surface area contributed by atoms with Crippen molar-refractivity contribution in [3.63, 3.8) is 0 Å². The molecule has 0 bridgehead atoms. The van der Waals surface area contributed by atoms with E-state index in [0.29, 0.717) is 12.1 Å². The number of carbonyl (C=O) groups is 1. The van der Waals surface area contributed by atoms with Gasteiger partial charge in [0.05, 0.1) is 0 Å². The van der Waals surface area contributed by atoms with Crippen LogP contribution in [0.5, 0.6) is 0 Å². The summed E-state index contributed by atoms with van der Waals surface area (Å²) in [6, 6.07) is 5.69. The van der Waals surface area contributed by atoms with Gasteiger partial charge in [0.1, 0.15) is 0 Å². The number of nitrogens with zero attached hydrogens (tertiary/aromatic N) is 2. The van der Waals surface area contributed by atoms with Crippen LogP contribution in [0.25, 0.3) is 5.32 Å². The summed E-state index contributed by atoms with van der Waals surface area (Å²) in [7, 11) is 1.81. The van der Waals surface area contributed by atoms with Crippen LogP contribution in [-0.4, -0.2) is 37.5 Å². The Kier molecular flexibility index (Phi) is 16.8. The number of fused-ring (bicyclic) bond motifs is 1. The van der Waals surface area contributed by atoms with Gasteiger partial charge in [0, 0.05) is 78.1 Å². The van der Waals surface area contributed by atoms with Gasteiger partial charge in [-0.2, -0.15) is 38.6 Å². The smallest absolute Gasteiger partial charge is 0.665 e. The van der Waals surface area contributed by atoms with Crippen LogP contribution in [0, 0.1) is 13.5 Å². The van der Waals surface area contributed by atoms with Crippen molar-refractivity contribution in [2.45, 2.75) is 12.8 Å². The van der Waals surface area contributed by atoms with Gasteiger partial charge < -0.3 is 15.5 Å². The van der Waals surface area contributed by atoms with Crippen molar-refractivity contribution in [1.29, 1.82) is 0 Å². The van der Waals surface area contributed by atoms with Crippen LogP contribution >= 0.6 is 0 Å². The second-order valence-corrected chi connectivity index (χ2v) is 4.67. The molecular weight excluding hydrogens is 596 g/mol. The van der Waals surface area contributed by atoms with Crippen LogP contribution in [0.2, 0.25) is 0 Å². The summed E-state index contributed by atoms with van der Waals surface area (Å²) in [5, 5.41) is 7.34. The molecule has 1 aromatic carbocycles. The number of nitrogens with one attached hydrogen (secondary N) is 1. The minimum Gasteiger partial charge on any atom is -0.665 e. The molecule has 1 amide bonds. The molecule has 1 aromatic rings. The Balaban J connectivity index is 0. The topological polar surface area (TPSA) is 46.4 Å². The fourth-order valence-corrected chi connectivity index (χ4v) is 2.16. The molecule has 1 aliphatic rings. The molecule has 2 rings (SSSR count). The number of hydrogen-bond acceptors (Lipinski definition) is 2. The van der Waals surface area contributed by atoms with Gasteiger partial charge in [-0.05, 0) is 0 Å². The maximum atomic E-state index is 12.5. The average Bonchev–Trinajstić information content (AvgIpc) is 2.56. The summed E-state index contributed by atoms with van der Waals surface area (Å²) in [5.41, 5.74) is 2.47. The van der Waals surface area contributed by atoms with E-state index in [-0.39, 0.29) is 118 Å². The first-order valence-corrected chi connectivity index (χ1v) is 6.62. The Morgan fingerprint density at radius 1 is 1.45 bits per heavy atom. The molecule has 0 atom stereocenters. The van der Waals surface area contributed by atoms with Crippen LogP contribution < -0.4 is 63.5 Å². The van der Waals surface area contributed by atoms with Crippen molar-refractivity contribution in [1.82, 2.24) is 4.90 Å². The summed E-state index contributed by atoms with van der Waals surface area (Å²) in [6.45, 7) is 8.18. The minimum absolute atomic E-state index is 0. The van der Waals surface area contributed by atoms with Crippen molar-refractivity contribution in [2.75, 3.05) is 32.0 Å². The van der Waals surface area contributed by atoms with E-state index in [1.54, 1.807) is 4.90 Å². The first-order chi connectivity index (χ1) is 9.22. The van der Waals surface area contributed by atoms with E-state index < -0.39 is 0 Å². The third-order valence-electron chi connectivity index (χ3n) is 3.18. The van der Waals surface area contributed by atoms with Crippen LogP contribution in [0.1, 0.15) is 28.8 Å². The Morgan fingerprint density at radius 2 is 2.18 bits per heavy atom. The van der Waals surface area contributed by atoms with Crippen molar-refractivity contribution < 1.29 is 117 Å². The quantitative estimate of drug-likeness (QED) is 0.365. The Hall–Kier alpha value is 1.92. The summed E-state index contributed by atoms with van der Waals surface area (Å²) < 4.78 is 0. The van der Waals surface area contributed by atoms with Gasteiger partial charge in [-0.1, -0.05) is 12.5 Å². The molecule has 0 aromatic heterocycles. The average molecular weight is 617 g/mol. The number of hydrogen-bond donors (Lipinski definition) is 1. The Labute approximate surface area is 222 Å². The third kappa shape index (κ3) is 7.87. The van der Waals surface area contributed by atoms with Gasteiger partial charge in [-0.15, -0.1) is 6.07 Å². The zero-order valence-corrected chi connectivity index (χ0v) is 24.0. The molecule has 7 heteroatoms. The van der Waals surface area contributed by atoms with E-state index in [1.165, 1.54) is 0 Å². The van der Waals surface area contributed by atoms with E-state index in [2.05, 4.69) is 17.6 Å². The maximum Gasteiger partial charge on any atom is 1.00 e. The number of amides is 1. The zero-order chi connectivity index (χ0) is 13.7. The van der Waals surface area contributed by atoms with E-state index in [0.717, 1.165) is 37.2 Å². The predicted octanol–water partition coefficient (Wildman–Crippen LogP) is -0.319. The molecule has 0 unspecified atom stereocenters. The molecule has 4 nitrogen and oxygen atoms in total. The molecule has 22 heavy (non-hydrogen) atoms. The Bertz CT molecular complexity index is 462. The fraction of sp³-hybridized carbons (Fsp3) is 0.400. The number of unbranched alkanes of at least 4 members (excludes halogenated alkanes) is 1. The fourth-order valence-electron chi connectivity index (χ4n) is 2.16. The van der Waals surface area contributed by atoms with Crippen LogP contribution in [-0.2, 0) is 53.8 Å². The summed E-state index contributed by atoms with van der Waals surface area (Å²) in [5.74, 6) is 0.0546. The number of rotatable bonds is 5. The van der Waals surface area contributed by atoms with E-state index in [9.17, 15) is 4.79 Å². The molecule has 113 valence electrons. The van der Waals surface area contributed by atoms with E-state index in [4.69, 9.17) is 0 Å². The van der Waals surface area contributed by atoms with Crippen molar-refractivity contribution in [2.24, 2.45) is 0 Å². The molecule has 0 fully saturated rings. The second kappa shape index (κ2) is 14.1. The predicted molar refractivity (Wildman–Crippen MR) is 78.1 cm³/mol. The number of carbonyl (C=O) groups excluding carboxylic acids is 1. The molecular formula is C15H20N3ORbWY-2. The van der Waals surface area contributed by atoms with Crippen molar-refractivity contribution in [3.05, 3.63) is 48.1 Å². The van der Waals surface area contributed by atoms with E-state index in [1.807, 2.05) is 31.8 Å². The molecule has 1 radical (unpaired) electrons. The molecule has 0 aliphatic carbocycles. The number of benzene rings is 1. The molecule has 1 aliphatic heterocycles. The monoisotopic (exact) mass is 616 g/mol. The van der Waals surface area contributed by atoms with E-state index >= 15 is 0 Å². The molecule has 1 N–H and O–H groups in total. The Morgan fingerprint density at radius 3 is 2.86 bits per heavy atom. The maximum absolute atomic E-state index is 12.5. The van der Waals surface area contributed by atoms with Gasteiger partial charge >= 0.3 is 58.2 Å². The normalized spacial score (nSPS) is 12.8. The third-order valence-corrected chi connectivity index (χ3v) is 3.18. The summed E-state index contributed by atoms with van der Waals surface area (Å²) >= 11 is 0. The first-order valence-electron chi connectivity index (χ1n) is 6.62. The van der Waals surface area contributed by atoms with Gasteiger partial charge in [-0.25, -0.2) is 6.54 Å². The van der Waals surface area contributed by atoms with Crippen LogP contribution in [0.3, 0.4) is 0 Å². The van der Waals surface area contributed by atoms with Gasteiger partial charge in [-0.3, -0.25) is 4.79 Å². The van der Waals surface area contributed by atoms with Crippen LogP contribution in [0.4, 0.5) is 5.69 Å². The van der Waals surface area contributed by atoms with Crippen LogP contribution in [0.15, 0.2) is 18.2 Å². The van der Waals surface area contributed by atoms with Gasteiger partial charge in [0.15, 0.2) is 0 Å². The molecule has 0 saturated carbocycles. The second-order valence-electron chi connectivity index (χ2n) is 4.67. The number of anilines is 1. The first kappa shape index (κ1) is 26.1. The zero-order valence-electron chi connectivity index (χ0n) is 13.3. The summed E-state index contributed by atoms with van der Waals surface area (Å²) in [4.78, 5) is 14.3. The molecule has 0 saturated heterocycles. The SMILES string of the molecule is [CH2-]c1ccc2c(c1)C(=O)N([CH-]CCC[N-]C)CCN2.[Rb+].[W].[Y]. The molecule has 1 heterocycles. The van der Waals surface area contributed by atoms with Crippen molar-refractivity contribution >= 4 is 11.6 Å². The standard InChI is InChI=1S/C15H20N3O.Rb.W.Y/c1-12-5-6-14-13(11-12)15(19)18(10-8-17-14)9-4-3-7-16-2;;;/h5-6,9,11,17H,1,3-4,7-8,10H2,2H3;;;/q-3;+1;;. The molecule has 0 spiro atoms. The van der Waals surface area contributed by atoms with Crippen molar-refractivity contribution in [3.8, 4) is 0 Å². The van der Waals surface area contributed by atoms with Gasteiger partial charge in [0.25, 0.3) is 0 Å². The van der Waals surface area contributed by atoms with Gasteiger partial charge in [0.2, 0.25) is 5.91 Å². The minimum atomic E-state index is 0. The summed E-state index contributed by atoms with van der Waals surface area (Å²) in [6.07, 6.45) is 1.86. The largest absolute Gasteiger partial charge is 1.00 e.